The highest BCUT2D eigenvalue weighted by atomic mass is 35.5. The number of nitrogens with zero attached hydrogens (tertiary/aromatic N) is 5. The topological polar surface area (TPSA) is 140 Å². The number of carbonyl (C=O) groups is 2. The van der Waals surface area contributed by atoms with Crippen molar-refractivity contribution in [3.05, 3.63) is 84.4 Å². The van der Waals surface area contributed by atoms with Crippen molar-refractivity contribution in [2.75, 3.05) is 56.6 Å². The lowest BCUT2D eigenvalue weighted by Crippen LogP contribution is -2.38. The number of morpholine rings is 1. The van der Waals surface area contributed by atoms with Crippen LogP contribution in [0.5, 0.6) is 11.5 Å². The molecule has 2 saturated heterocycles. The van der Waals surface area contributed by atoms with E-state index in [-0.39, 0.29) is 5.91 Å². The van der Waals surface area contributed by atoms with Crippen LogP contribution in [-0.2, 0) is 20.9 Å². The first-order valence-corrected chi connectivity index (χ1v) is 16.6. The number of fused-ring (bicyclic) bond motifs is 1. The van der Waals surface area contributed by atoms with Crippen molar-refractivity contribution in [1.82, 2.24) is 24.8 Å². The van der Waals surface area contributed by atoms with Crippen molar-refractivity contribution >= 4 is 51.7 Å². The maximum atomic E-state index is 13.2. The molecule has 13 nitrogen and oxygen atoms in total. The Balaban J connectivity index is 1.20. The number of hydrogen-bond acceptors (Lipinski definition) is 11. The Labute approximate surface area is 289 Å². The smallest absolute Gasteiger partial charge is 0.413 e. The van der Waals surface area contributed by atoms with Gasteiger partial charge in [0.2, 0.25) is 5.91 Å². The highest BCUT2D eigenvalue weighted by Gasteiger charge is 2.30. The van der Waals surface area contributed by atoms with Crippen molar-refractivity contribution in [3.8, 4) is 11.5 Å². The lowest BCUT2D eigenvalue weighted by molar-refractivity contribution is -0.132. The number of carbonyl (C=O) groups excluding carboxylic acids is 2. The van der Waals surface area contributed by atoms with E-state index in [0.717, 1.165) is 51.3 Å². The summed E-state index contributed by atoms with van der Waals surface area (Å²) in [5, 5.41) is 7.17. The molecule has 2 fully saturated rings. The number of aromatic nitrogens is 3. The van der Waals surface area contributed by atoms with Crippen molar-refractivity contribution < 1.29 is 28.5 Å². The second kappa shape index (κ2) is 16.4. The maximum absolute atomic E-state index is 13.2. The van der Waals surface area contributed by atoms with Gasteiger partial charge in [-0.1, -0.05) is 24.2 Å². The number of pyridine rings is 1. The minimum Gasteiger partial charge on any atom is -0.491 e. The van der Waals surface area contributed by atoms with Crippen LogP contribution in [0.3, 0.4) is 0 Å². The molecule has 0 bridgehead atoms. The van der Waals surface area contributed by atoms with Gasteiger partial charge < -0.3 is 29.2 Å². The molecular formula is C35H38ClN7O6. The molecule has 0 aliphatic carbocycles. The van der Waals surface area contributed by atoms with Gasteiger partial charge in [-0.3, -0.25) is 20.0 Å². The Kier molecular flexibility index (Phi) is 11.4. The van der Waals surface area contributed by atoms with Crippen molar-refractivity contribution in [2.24, 2.45) is 0 Å². The summed E-state index contributed by atoms with van der Waals surface area (Å²) in [6.07, 6.45) is 6.74. The third-order valence-electron chi connectivity index (χ3n) is 8.16. The molecule has 14 heteroatoms. The summed E-state index contributed by atoms with van der Waals surface area (Å²) in [6.45, 7) is 8.89. The van der Waals surface area contributed by atoms with E-state index >= 15 is 0 Å². The first-order chi connectivity index (χ1) is 24.0. The zero-order valence-electron chi connectivity index (χ0n) is 27.0. The van der Waals surface area contributed by atoms with Gasteiger partial charge >= 0.3 is 6.09 Å². The van der Waals surface area contributed by atoms with Gasteiger partial charge in [-0.05, 0) is 49.2 Å². The van der Waals surface area contributed by atoms with Gasteiger partial charge in [0.25, 0.3) is 0 Å². The van der Waals surface area contributed by atoms with Crippen LogP contribution < -0.4 is 20.1 Å². The van der Waals surface area contributed by atoms with Crippen LogP contribution in [0.15, 0.2) is 73.8 Å². The van der Waals surface area contributed by atoms with Crippen LogP contribution in [0.4, 0.5) is 22.0 Å². The number of halogens is 1. The van der Waals surface area contributed by atoms with Crippen molar-refractivity contribution in [1.29, 1.82) is 0 Å². The highest BCUT2D eigenvalue weighted by molar-refractivity contribution is 6.32. The molecule has 0 radical (unpaired) electrons. The first kappa shape index (κ1) is 33.9. The van der Waals surface area contributed by atoms with Crippen LogP contribution >= 0.6 is 11.6 Å². The zero-order valence-corrected chi connectivity index (χ0v) is 27.7. The van der Waals surface area contributed by atoms with E-state index in [1.165, 1.54) is 17.3 Å². The first-order valence-electron chi connectivity index (χ1n) is 16.2. The molecule has 0 spiro atoms. The van der Waals surface area contributed by atoms with E-state index in [2.05, 4.69) is 37.1 Å². The molecular weight excluding hydrogens is 650 g/mol. The third-order valence-corrected chi connectivity index (χ3v) is 8.46. The highest BCUT2D eigenvalue weighted by Crippen LogP contribution is 2.35. The normalized spacial score (nSPS) is 16.3. The van der Waals surface area contributed by atoms with Gasteiger partial charge in [-0.2, -0.15) is 0 Å². The molecule has 256 valence electrons. The molecule has 2 amide bonds. The molecule has 0 saturated carbocycles. The van der Waals surface area contributed by atoms with Crippen LogP contribution in [0.2, 0.25) is 5.02 Å². The van der Waals surface area contributed by atoms with Gasteiger partial charge in [0.05, 0.1) is 36.0 Å². The summed E-state index contributed by atoms with van der Waals surface area (Å²) in [4.78, 5) is 42.3. The summed E-state index contributed by atoms with van der Waals surface area (Å²) in [7, 11) is 0. The van der Waals surface area contributed by atoms with Gasteiger partial charge in [0.1, 0.15) is 30.3 Å². The predicted molar refractivity (Wildman–Crippen MR) is 185 cm³/mol. The molecule has 1 atom stereocenters. The Hall–Kier alpha value is -4.98. The van der Waals surface area contributed by atoms with Crippen molar-refractivity contribution in [2.45, 2.75) is 32.1 Å². The van der Waals surface area contributed by atoms with E-state index in [1.54, 1.807) is 36.7 Å². The van der Waals surface area contributed by atoms with Crippen LogP contribution in [-0.4, -0.2) is 89.0 Å². The standard InChI is InChI=1S/C35H38ClN7O6/c1-2-32(44)43-12-4-7-33(43)49-35(45)41-29-19-26-28(20-31(29)47-15-5-11-42-13-16-46-17-14-42)38-23-39-34(26)40-25-8-9-30(27(36)18-25)48-22-24-6-3-10-37-21-24/h2-3,6,8-10,18-21,23,33H,1,4-5,7,11-17,22H2,(H,41,45)(H,38,39,40)/t33-/m0/s1. The van der Waals surface area contributed by atoms with E-state index < -0.39 is 12.3 Å². The largest absolute Gasteiger partial charge is 0.491 e. The number of nitrogens with one attached hydrogen (secondary N) is 2. The SMILES string of the molecule is C=CC(=O)N1CCC[C@@H]1OC(=O)Nc1cc2c(Nc3ccc(OCc4cccnc4)c(Cl)c3)ncnc2cc1OCCCN1CCOCC1. The van der Waals surface area contributed by atoms with Crippen LogP contribution in [0, 0.1) is 0 Å². The Morgan fingerprint density at radius 2 is 1.96 bits per heavy atom. The van der Waals surface area contributed by atoms with Gasteiger partial charge in [0.15, 0.2) is 6.23 Å². The number of amides is 2. The average Bonchev–Trinajstić information content (AvgIpc) is 3.58. The predicted octanol–water partition coefficient (Wildman–Crippen LogP) is 5.78. The second-order valence-corrected chi connectivity index (χ2v) is 11.9. The van der Waals surface area contributed by atoms with Gasteiger partial charge in [-0.15, -0.1) is 0 Å². The number of hydrogen-bond donors (Lipinski definition) is 2. The lowest BCUT2D eigenvalue weighted by Gasteiger charge is -2.26. The molecule has 2 aromatic carbocycles. The molecule has 49 heavy (non-hydrogen) atoms. The number of rotatable bonds is 13. The molecule has 6 rings (SSSR count). The molecule has 2 aliphatic heterocycles. The minimum atomic E-state index is -0.716. The van der Waals surface area contributed by atoms with E-state index in [4.69, 9.17) is 30.5 Å². The summed E-state index contributed by atoms with van der Waals surface area (Å²) >= 11 is 6.57. The third kappa shape index (κ3) is 8.93. The Morgan fingerprint density at radius 3 is 2.76 bits per heavy atom. The van der Waals surface area contributed by atoms with Gasteiger partial charge in [0, 0.05) is 67.7 Å². The monoisotopic (exact) mass is 687 g/mol. The second-order valence-electron chi connectivity index (χ2n) is 11.5. The maximum Gasteiger partial charge on any atom is 0.413 e. The molecule has 4 heterocycles. The van der Waals surface area contributed by atoms with E-state index in [9.17, 15) is 9.59 Å². The summed E-state index contributed by atoms with van der Waals surface area (Å²) in [6, 6.07) is 12.6. The minimum absolute atomic E-state index is 0.286. The average molecular weight is 688 g/mol. The molecule has 2 aromatic heterocycles. The zero-order chi connectivity index (χ0) is 34.0. The number of ether oxygens (including phenoxy) is 4. The van der Waals surface area contributed by atoms with Crippen LogP contribution in [0.1, 0.15) is 24.8 Å². The molecule has 0 unspecified atom stereocenters. The quantitative estimate of drug-likeness (QED) is 0.130. The number of benzene rings is 2. The molecule has 4 aromatic rings. The molecule has 2 N–H and O–H groups in total. The van der Waals surface area contributed by atoms with E-state index in [1.807, 2.05) is 18.2 Å². The summed E-state index contributed by atoms with van der Waals surface area (Å²) in [5.74, 6) is 1.16. The summed E-state index contributed by atoms with van der Waals surface area (Å²) in [5.41, 5.74) is 2.57. The van der Waals surface area contributed by atoms with E-state index in [0.29, 0.717) is 70.8 Å². The fraction of sp³-hybridized carbons (Fsp3) is 0.343. The van der Waals surface area contributed by atoms with Crippen molar-refractivity contribution in [3.63, 3.8) is 0 Å². The number of anilines is 3. The lowest BCUT2D eigenvalue weighted by atomic mass is 10.2. The molecule has 2 aliphatic rings. The Bertz CT molecular complexity index is 1770. The van der Waals surface area contributed by atoms with Crippen LogP contribution in [0.25, 0.3) is 10.9 Å². The number of likely N-dealkylation sites (tertiary alicyclic amines) is 1. The summed E-state index contributed by atoms with van der Waals surface area (Å²) < 4.78 is 23.2. The fourth-order valence-corrected chi connectivity index (χ4v) is 5.90. The Morgan fingerprint density at radius 1 is 1.08 bits per heavy atom. The van der Waals surface area contributed by atoms with Gasteiger partial charge in [-0.25, -0.2) is 14.8 Å². The fourth-order valence-electron chi connectivity index (χ4n) is 5.66.